The molecule has 15 heteroatoms. The van der Waals surface area contributed by atoms with Crippen molar-refractivity contribution in [2.75, 3.05) is 57.7 Å². The summed E-state index contributed by atoms with van der Waals surface area (Å²) in [4.78, 5) is 44.1. The van der Waals surface area contributed by atoms with E-state index in [2.05, 4.69) is 21.5 Å². The van der Waals surface area contributed by atoms with Crippen LogP contribution >= 0.6 is 0 Å². The number of anilines is 1. The van der Waals surface area contributed by atoms with Crippen LogP contribution in [0.5, 0.6) is 5.75 Å². The number of amides is 1. The largest absolute Gasteiger partial charge is 0.490 e. The summed E-state index contributed by atoms with van der Waals surface area (Å²) in [5.74, 6) is -2.32. The second-order valence-electron chi connectivity index (χ2n) is 12.6. The van der Waals surface area contributed by atoms with Gasteiger partial charge >= 0.3 is 5.69 Å². The van der Waals surface area contributed by atoms with Gasteiger partial charge in [-0.15, -0.1) is 0 Å². The van der Waals surface area contributed by atoms with Crippen molar-refractivity contribution in [3.05, 3.63) is 82.6 Å². The Morgan fingerprint density at radius 2 is 1.86 bits per heavy atom. The van der Waals surface area contributed by atoms with E-state index in [0.717, 1.165) is 12.1 Å². The molecular formula is C36H38F4N6O5. The van der Waals surface area contributed by atoms with Crippen LogP contribution in [0.1, 0.15) is 44.1 Å². The smallest absolute Gasteiger partial charge is 0.355 e. The van der Waals surface area contributed by atoms with E-state index in [1.807, 2.05) is 20.8 Å². The highest BCUT2D eigenvalue weighted by molar-refractivity contribution is 5.91. The maximum atomic E-state index is 16.4. The predicted molar refractivity (Wildman–Crippen MR) is 182 cm³/mol. The van der Waals surface area contributed by atoms with Gasteiger partial charge in [-0.1, -0.05) is 26.5 Å². The van der Waals surface area contributed by atoms with Gasteiger partial charge in [-0.25, -0.2) is 31.9 Å². The molecule has 5 heterocycles. The van der Waals surface area contributed by atoms with E-state index < -0.39 is 48.6 Å². The van der Waals surface area contributed by atoms with Crippen LogP contribution in [0, 0.1) is 11.6 Å². The number of benzene rings is 1. The predicted octanol–water partition coefficient (Wildman–Crippen LogP) is 5.24. The summed E-state index contributed by atoms with van der Waals surface area (Å²) < 4.78 is 78.6. The number of ether oxygens (including phenoxy) is 3. The van der Waals surface area contributed by atoms with Crippen LogP contribution in [0.4, 0.5) is 23.4 Å². The molecule has 2 unspecified atom stereocenters. The average Bonchev–Trinajstić information content (AvgIpc) is 3.11. The quantitative estimate of drug-likeness (QED) is 0.170. The molecule has 0 radical (unpaired) electrons. The molecule has 2 aliphatic rings. The molecular weight excluding hydrogens is 672 g/mol. The van der Waals surface area contributed by atoms with Gasteiger partial charge in [-0.3, -0.25) is 9.78 Å². The number of alkyl halides is 2. The number of pyridine rings is 2. The van der Waals surface area contributed by atoms with Crippen molar-refractivity contribution in [3.63, 3.8) is 0 Å². The van der Waals surface area contributed by atoms with Gasteiger partial charge in [0, 0.05) is 37.4 Å². The zero-order valence-corrected chi connectivity index (χ0v) is 28.5. The molecule has 1 saturated heterocycles. The SMILES string of the molecule is C=CC(=O)N1CCN(c2nc(=O)n3c4nc(c(F)cc24)-c2c(F)cccc2OCC(OCCF)C(OCCF)c2ccnc(C(C)C)c2-3)[C@@H](C)C1. The van der Waals surface area contributed by atoms with Crippen LogP contribution in [-0.2, 0) is 14.3 Å². The Bertz CT molecular complexity index is 2010. The molecule has 0 spiro atoms. The molecule has 6 rings (SSSR count). The number of hydrogen-bond donors (Lipinski definition) is 0. The van der Waals surface area contributed by atoms with E-state index in [0.29, 0.717) is 11.3 Å². The summed E-state index contributed by atoms with van der Waals surface area (Å²) >= 11 is 0. The molecule has 51 heavy (non-hydrogen) atoms. The van der Waals surface area contributed by atoms with Gasteiger partial charge in [0.25, 0.3) is 0 Å². The van der Waals surface area contributed by atoms with E-state index in [4.69, 9.17) is 14.2 Å². The maximum absolute atomic E-state index is 16.4. The van der Waals surface area contributed by atoms with Crippen LogP contribution in [0.25, 0.3) is 28.0 Å². The third-order valence-electron chi connectivity index (χ3n) is 8.98. The first-order valence-electron chi connectivity index (χ1n) is 16.7. The zero-order valence-electron chi connectivity index (χ0n) is 28.5. The number of hydrogen-bond acceptors (Lipinski definition) is 9. The van der Waals surface area contributed by atoms with Crippen LogP contribution < -0.4 is 15.3 Å². The number of piperazine rings is 1. The fourth-order valence-corrected chi connectivity index (χ4v) is 6.70. The number of nitrogens with zero attached hydrogens (tertiary/aromatic N) is 6. The summed E-state index contributed by atoms with van der Waals surface area (Å²) in [6, 6.07) is 6.28. The average molecular weight is 711 g/mol. The minimum Gasteiger partial charge on any atom is -0.490 e. The van der Waals surface area contributed by atoms with Crippen molar-refractivity contribution in [3.8, 4) is 22.7 Å². The third-order valence-corrected chi connectivity index (χ3v) is 8.98. The van der Waals surface area contributed by atoms with Crippen molar-refractivity contribution >= 4 is 22.8 Å². The van der Waals surface area contributed by atoms with Crippen molar-refractivity contribution in [1.82, 2.24) is 24.4 Å². The normalized spacial score (nSPS) is 18.9. The van der Waals surface area contributed by atoms with Crippen molar-refractivity contribution in [2.45, 2.75) is 44.9 Å². The highest BCUT2D eigenvalue weighted by Crippen LogP contribution is 2.40. The van der Waals surface area contributed by atoms with Gasteiger partial charge in [-0.2, -0.15) is 4.98 Å². The Hall–Kier alpha value is -4.89. The lowest BCUT2D eigenvalue weighted by Gasteiger charge is -2.40. The van der Waals surface area contributed by atoms with Crippen molar-refractivity contribution < 1.29 is 36.6 Å². The number of fused-ring (bicyclic) bond motifs is 5. The van der Waals surface area contributed by atoms with Gasteiger partial charge in [0.2, 0.25) is 5.91 Å². The first-order chi connectivity index (χ1) is 24.6. The third kappa shape index (κ3) is 6.79. The Morgan fingerprint density at radius 1 is 1.10 bits per heavy atom. The van der Waals surface area contributed by atoms with E-state index in [9.17, 15) is 18.4 Å². The van der Waals surface area contributed by atoms with Crippen LogP contribution in [0.2, 0.25) is 0 Å². The highest BCUT2D eigenvalue weighted by Gasteiger charge is 2.35. The second-order valence-corrected chi connectivity index (χ2v) is 12.6. The van der Waals surface area contributed by atoms with Crippen LogP contribution in [0.3, 0.4) is 0 Å². The van der Waals surface area contributed by atoms with Crippen molar-refractivity contribution in [2.24, 2.45) is 0 Å². The molecule has 1 aromatic carbocycles. The summed E-state index contributed by atoms with van der Waals surface area (Å²) in [6.07, 6.45) is 0.455. The Labute approximate surface area is 291 Å². The Balaban J connectivity index is 1.72. The summed E-state index contributed by atoms with van der Waals surface area (Å²) in [6.45, 7) is 7.06. The molecule has 0 N–H and O–H groups in total. The number of carbonyl (C=O) groups is 1. The highest BCUT2D eigenvalue weighted by atomic mass is 19.1. The minimum absolute atomic E-state index is 0.0745. The van der Waals surface area contributed by atoms with E-state index in [1.165, 1.54) is 29.0 Å². The molecule has 2 aliphatic heterocycles. The van der Waals surface area contributed by atoms with Gasteiger partial charge < -0.3 is 24.0 Å². The lowest BCUT2D eigenvalue weighted by Crippen LogP contribution is -2.54. The lowest BCUT2D eigenvalue weighted by molar-refractivity contribution is -0.126. The molecule has 1 fully saturated rings. The van der Waals surface area contributed by atoms with Gasteiger partial charge in [0.1, 0.15) is 55.2 Å². The molecule has 4 aromatic rings. The van der Waals surface area contributed by atoms with Gasteiger partial charge in [-0.05, 0) is 43.2 Å². The number of rotatable bonds is 9. The zero-order chi connectivity index (χ0) is 36.4. The Morgan fingerprint density at radius 3 is 2.57 bits per heavy atom. The first kappa shape index (κ1) is 35.9. The summed E-state index contributed by atoms with van der Waals surface area (Å²) in [5.41, 5.74) is -0.763. The van der Waals surface area contributed by atoms with E-state index >= 15 is 8.78 Å². The molecule has 270 valence electrons. The Kier molecular flexibility index (Phi) is 10.7. The van der Waals surface area contributed by atoms with E-state index in [1.54, 1.807) is 15.9 Å². The molecule has 0 saturated carbocycles. The first-order valence-corrected chi connectivity index (χ1v) is 16.7. The van der Waals surface area contributed by atoms with Crippen molar-refractivity contribution in [1.29, 1.82) is 0 Å². The van der Waals surface area contributed by atoms with Crippen LogP contribution in [0.15, 0.2) is 54.0 Å². The molecule has 11 nitrogen and oxygen atoms in total. The summed E-state index contributed by atoms with van der Waals surface area (Å²) in [5, 5.41) is 0.123. The molecule has 2 bridgehead atoms. The fourth-order valence-electron chi connectivity index (χ4n) is 6.70. The topological polar surface area (TPSA) is 112 Å². The monoisotopic (exact) mass is 710 g/mol. The number of carbonyl (C=O) groups excluding carboxylic acids is 1. The lowest BCUT2D eigenvalue weighted by atomic mass is 9.97. The number of halogens is 4. The molecule has 3 atom stereocenters. The van der Waals surface area contributed by atoms with Gasteiger partial charge in [0.15, 0.2) is 11.5 Å². The number of aromatic nitrogens is 4. The molecule has 0 aliphatic carbocycles. The maximum Gasteiger partial charge on any atom is 0.355 e. The second kappa shape index (κ2) is 15.2. The molecule has 1 amide bonds. The standard InChI is InChI=1S/C36H38F4N6O5/c1-5-28(47)44-13-14-45(21(4)18-44)34-23-17-25(40)31-29-24(39)7-6-8-26(29)51-19-27(49-15-10-37)33(50-16-11-38)22-9-12-41-30(20(2)3)32(22)46(35(23)42-31)36(48)43-34/h5-9,12,17,20-21,27,33H,1,10-11,13-16,18-19H2,2-4H3/t21-,27?,33?/m0/s1. The molecule has 3 aromatic heterocycles. The minimum atomic E-state index is -1.16. The van der Waals surface area contributed by atoms with Crippen LogP contribution in [-0.4, -0.2) is 95.3 Å². The van der Waals surface area contributed by atoms with E-state index in [-0.39, 0.29) is 91.2 Å². The van der Waals surface area contributed by atoms with Gasteiger partial charge in [0.05, 0.1) is 35.5 Å². The fraction of sp³-hybridized carbons (Fsp3) is 0.417. The summed E-state index contributed by atoms with van der Waals surface area (Å²) in [7, 11) is 0.